The highest BCUT2D eigenvalue weighted by molar-refractivity contribution is 5.84. The minimum Gasteiger partial charge on any atom is -0.445 e. The van der Waals surface area contributed by atoms with Gasteiger partial charge in [0.15, 0.2) is 6.29 Å². The number of carbonyl (C=O) groups excluding carboxylic acids is 1. The highest BCUT2D eigenvalue weighted by atomic mass is 16.7. The van der Waals surface area contributed by atoms with Crippen LogP contribution in [-0.2, 0) is 33.9 Å². The van der Waals surface area contributed by atoms with Crippen molar-refractivity contribution in [2.75, 3.05) is 18.5 Å². The summed E-state index contributed by atoms with van der Waals surface area (Å²) in [4.78, 5) is 14.4. The molecule has 1 fully saturated rings. The maximum Gasteiger partial charge on any atom is 0.411 e. The second kappa shape index (κ2) is 15.5. The van der Waals surface area contributed by atoms with Crippen molar-refractivity contribution in [3.63, 3.8) is 0 Å². The Kier molecular flexibility index (Phi) is 10.9. The molecule has 0 bridgehead atoms. The number of nitrogens with zero attached hydrogens (tertiary/aromatic N) is 1. The van der Waals surface area contributed by atoms with E-state index in [1.165, 1.54) is 17.2 Å². The lowest BCUT2D eigenvalue weighted by molar-refractivity contribution is -0.276. The summed E-state index contributed by atoms with van der Waals surface area (Å²) in [6, 6.07) is 36.4. The predicted molar refractivity (Wildman–Crippen MR) is 172 cm³/mol. The summed E-state index contributed by atoms with van der Waals surface area (Å²) in [5, 5.41) is 12.3. The van der Waals surface area contributed by atoms with Gasteiger partial charge in [-0.2, -0.15) is 0 Å². The molecule has 1 heterocycles. The van der Waals surface area contributed by atoms with E-state index < -0.39 is 12.4 Å². The number of aliphatic hydroxyl groups excluding tert-OH is 1. The third-order valence-electron chi connectivity index (χ3n) is 7.82. The molecule has 1 saturated heterocycles. The van der Waals surface area contributed by atoms with E-state index in [9.17, 15) is 9.90 Å². The first-order valence-electron chi connectivity index (χ1n) is 15.0. The highest BCUT2D eigenvalue weighted by Crippen LogP contribution is 2.42. The number of amides is 1. The van der Waals surface area contributed by atoms with Crippen LogP contribution in [0.4, 0.5) is 10.5 Å². The van der Waals surface area contributed by atoms with Crippen LogP contribution in [0.15, 0.2) is 122 Å². The number of nitrogens with one attached hydrogen (secondary N) is 1. The fourth-order valence-electron chi connectivity index (χ4n) is 5.46. The van der Waals surface area contributed by atoms with Crippen LogP contribution in [-0.4, -0.2) is 35.4 Å². The number of ether oxygens (including phenoxy) is 3. The van der Waals surface area contributed by atoms with E-state index >= 15 is 0 Å². The Morgan fingerprint density at radius 3 is 2.00 bits per heavy atom. The van der Waals surface area contributed by atoms with Crippen LogP contribution in [0.25, 0.3) is 0 Å². The van der Waals surface area contributed by atoms with Crippen LogP contribution in [0, 0.1) is 5.92 Å². The smallest absolute Gasteiger partial charge is 0.411 e. The molecular formula is C37H40N2O5. The van der Waals surface area contributed by atoms with Gasteiger partial charge < -0.3 is 19.3 Å². The fraction of sp³-hybridized carbons (Fsp3) is 0.270. The topological polar surface area (TPSA) is 80.3 Å². The minimum absolute atomic E-state index is 0.00876. The van der Waals surface area contributed by atoms with Crippen molar-refractivity contribution in [3.05, 3.63) is 150 Å². The zero-order valence-corrected chi connectivity index (χ0v) is 25.0. The largest absolute Gasteiger partial charge is 0.445 e. The molecule has 1 aliphatic rings. The van der Waals surface area contributed by atoms with Crippen LogP contribution in [0.2, 0.25) is 0 Å². The summed E-state index contributed by atoms with van der Waals surface area (Å²) in [6.45, 7) is 8.14. The van der Waals surface area contributed by atoms with Gasteiger partial charge in [-0.05, 0) is 34.4 Å². The van der Waals surface area contributed by atoms with E-state index in [4.69, 9.17) is 14.2 Å². The molecule has 0 radical (unpaired) electrons. The standard InChI is InChI=1S/C37H40N2O5/c1-3-22-42-37(41)38-33-20-18-32(19-21-33)36-43-34(27(2)35(44-36)31-16-14-30(26-40)15-17-31)25-39(23-28-10-6-4-7-11-28)24-29-12-8-5-9-13-29/h3-21,27,34-36,40H,1,22-26H2,2H3,(H,38,41)/t27-,34+,35+,36+/m0/s1. The van der Waals surface area contributed by atoms with Crippen LogP contribution in [0.1, 0.15) is 47.1 Å². The Balaban J connectivity index is 1.40. The molecule has 1 amide bonds. The summed E-state index contributed by atoms with van der Waals surface area (Å²) in [5.41, 5.74) is 5.83. The van der Waals surface area contributed by atoms with Crippen LogP contribution in [0.3, 0.4) is 0 Å². The first kappa shape index (κ1) is 31.2. The Bertz CT molecular complexity index is 1420. The van der Waals surface area contributed by atoms with E-state index in [1.807, 2.05) is 60.7 Å². The summed E-state index contributed by atoms with van der Waals surface area (Å²) >= 11 is 0. The second-order valence-electron chi connectivity index (χ2n) is 11.1. The molecular weight excluding hydrogens is 552 g/mol. The third kappa shape index (κ3) is 8.42. The highest BCUT2D eigenvalue weighted by Gasteiger charge is 2.39. The van der Waals surface area contributed by atoms with Crippen LogP contribution in [0.5, 0.6) is 0 Å². The molecule has 7 heteroatoms. The lowest BCUT2D eigenvalue weighted by Crippen LogP contribution is -2.44. The van der Waals surface area contributed by atoms with Gasteiger partial charge in [-0.25, -0.2) is 4.79 Å². The monoisotopic (exact) mass is 592 g/mol. The lowest BCUT2D eigenvalue weighted by atomic mass is 9.89. The number of hydrogen-bond acceptors (Lipinski definition) is 6. The van der Waals surface area contributed by atoms with Gasteiger partial charge in [-0.1, -0.05) is 117 Å². The van der Waals surface area contributed by atoms with Gasteiger partial charge in [-0.15, -0.1) is 0 Å². The molecule has 4 aromatic carbocycles. The van der Waals surface area contributed by atoms with Gasteiger partial charge in [0, 0.05) is 36.8 Å². The Hall–Kier alpha value is -4.27. The number of anilines is 1. The van der Waals surface area contributed by atoms with E-state index in [2.05, 4.69) is 72.3 Å². The fourth-order valence-corrected chi connectivity index (χ4v) is 5.46. The van der Waals surface area contributed by atoms with Gasteiger partial charge in [0.05, 0.1) is 18.8 Å². The molecule has 7 nitrogen and oxygen atoms in total. The maximum absolute atomic E-state index is 12.0. The quantitative estimate of drug-likeness (QED) is 0.167. The minimum atomic E-state index is -0.615. The molecule has 228 valence electrons. The Labute approximate surface area is 259 Å². The molecule has 2 N–H and O–H groups in total. The second-order valence-corrected chi connectivity index (χ2v) is 11.1. The van der Waals surface area contributed by atoms with Gasteiger partial charge in [0.2, 0.25) is 0 Å². The molecule has 4 atom stereocenters. The Morgan fingerprint density at radius 2 is 1.43 bits per heavy atom. The molecule has 1 aliphatic heterocycles. The van der Waals surface area contributed by atoms with Crippen LogP contribution < -0.4 is 5.32 Å². The summed E-state index contributed by atoms with van der Waals surface area (Å²) in [6.07, 6.45) is -0.00781. The first-order valence-corrected chi connectivity index (χ1v) is 15.0. The molecule has 0 aromatic heterocycles. The molecule has 44 heavy (non-hydrogen) atoms. The van der Waals surface area contributed by atoms with Gasteiger partial charge in [0.1, 0.15) is 6.61 Å². The number of aliphatic hydroxyl groups is 1. The summed E-state index contributed by atoms with van der Waals surface area (Å²) in [7, 11) is 0. The normalized spacial score (nSPS) is 19.8. The lowest BCUT2D eigenvalue weighted by Gasteiger charge is -2.43. The van der Waals surface area contributed by atoms with E-state index in [1.54, 1.807) is 0 Å². The molecule has 5 rings (SSSR count). The van der Waals surface area contributed by atoms with E-state index in [0.717, 1.165) is 29.8 Å². The zero-order valence-electron chi connectivity index (χ0n) is 25.0. The number of carbonyl (C=O) groups is 1. The van der Waals surface area contributed by atoms with E-state index in [-0.39, 0.29) is 31.3 Å². The summed E-state index contributed by atoms with van der Waals surface area (Å²) < 4.78 is 18.4. The number of benzene rings is 4. The van der Waals surface area contributed by atoms with Crippen molar-refractivity contribution in [1.82, 2.24) is 4.90 Å². The number of rotatable bonds is 12. The van der Waals surface area contributed by atoms with E-state index in [0.29, 0.717) is 12.2 Å². The molecule has 0 spiro atoms. The molecule has 0 unspecified atom stereocenters. The molecule has 4 aromatic rings. The Morgan fingerprint density at radius 1 is 0.841 bits per heavy atom. The zero-order chi connectivity index (χ0) is 30.7. The average Bonchev–Trinajstić information content (AvgIpc) is 3.06. The third-order valence-corrected chi connectivity index (χ3v) is 7.82. The van der Waals surface area contributed by atoms with Gasteiger partial charge in [0.25, 0.3) is 0 Å². The summed E-state index contributed by atoms with van der Waals surface area (Å²) in [5.74, 6) is 0.0424. The van der Waals surface area contributed by atoms with Gasteiger partial charge in [-0.3, -0.25) is 10.2 Å². The van der Waals surface area contributed by atoms with Crippen molar-refractivity contribution >= 4 is 11.8 Å². The maximum atomic E-state index is 12.0. The molecule has 0 aliphatic carbocycles. The SMILES string of the molecule is C=CCOC(=O)Nc1ccc([C@@H]2O[C@H](CN(Cc3ccccc3)Cc3ccccc3)[C@H](C)[C@H](c3ccc(CO)cc3)O2)cc1. The van der Waals surface area contributed by atoms with Crippen LogP contribution >= 0.6 is 0 Å². The average molecular weight is 593 g/mol. The van der Waals surface area contributed by atoms with Gasteiger partial charge >= 0.3 is 6.09 Å². The molecule has 0 saturated carbocycles. The number of hydrogen-bond donors (Lipinski definition) is 2. The van der Waals surface area contributed by atoms with Crippen molar-refractivity contribution in [2.45, 2.75) is 45.1 Å². The van der Waals surface area contributed by atoms with Crippen molar-refractivity contribution in [1.29, 1.82) is 0 Å². The predicted octanol–water partition coefficient (Wildman–Crippen LogP) is 7.41. The van der Waals surface area contributed by atoms with Crippen molar-refractivity contribution < 1.29 is 24.1 Å². The van der Waals surface area contributed by atoms with Crippen molar-refractivity contribution in [3.8, 4) is 0 Å². The first-order chi connectivity index (χ1) is 21.5. The van der Waals surface area contributed by atoms with Crippen molar-refractivity contribution in [2.24, 2.45) is 5.92 Å².